The second-order valence-electron chi connectivity index (χ2n) is 7.70. The number of aryl methyl sites for hydroxylation is 1. The van der Waals surface area contributed by atoms with E-state index in [4.69, 9.17) is 25.6 Å². The number of carbonyl (C=O) groups is 1. The van der Waals surface area contributed by atoms with E-state index >= 15 is 0 Å². The predicted octanol–water partition coefficient (Wildman–Crippen LogP) is 4.84. The molecule has 31 heavy (non-hydrogen) atoms. The number of benzene rings is 2. The molecule has 3 aromatic rings. The number of nitrogens with zero attached hydrogens (tertiary/aromatic N) is 3. The van der Waals surface area contributed by atoms with Crippen LogP contribution >= 0.6 is 11.6 Å². The lowest BCUT2D eigenvalue weighted by atomic mass is 9.97. The molecule has 0 aliphatic carbocycles. The van der Waals surface area contributed by atoms with Crippen LogP contribution in [0.25, 0.3) is 11.4 Å². The Morgan fingerprint density at radius 1 is 1.13 bits per heavy atom. The largest absolute Gasteiger partial charge is 0.454 e. The molecule has 1 aromatic heterocycles. The van der Waals surface area contributed by atoms with Crippen LogP contribution in [-0.4, -0.2) is 41.0 Å². The molecule has 0 spiro atoms. The number of hydrogen-bond donors (Lipinski definition) is 1. The summed E-state index contributed by atoms with van der Waals surface area (Å²) in [5.41, 5.74) is 2.47. The Kier molecular flexibility index (Phi) is 5.15. The average molecular weight is 441 g/mol. The third kappa shape index (κ3) is 4.03. The molecule has 0 unspecified atom stereocenters. The van der Waals surface area contributed by atoms with Crippen molar-refractivity contribution in [2.45, 2.75) is 25.7 Å². The molecule has 5 rings (SSSR count). The summed E-state index contributed by atoms with van der Waals surface area (Å²) in [4.78, 5) is 19.0. The van der Waals surface area contributed by atoms with Crippen LogP contribution in [0.5, 0.6) is 11.5 Å². The zero-order valence-corrected chi connectivity index (χ0v) is 17.7. The molecule has 160 valence electrons. The van der Waals surface area contributed by atoms with Crippen LogP contribution < -0.4 is 14.8 Å². The minimum atomic E-state index is -0.155. The smallest absolute Gasteiger partial charge is 0.321 e. The van der Waals surface area contributed by atoms with E-state index < -0.39 is 0 Å². The molecule has 8 nitrogen and oxygen atoms in total. The van der Waals surface area contributed by atoms with Gasteiger partial charge in [0.15, 0.2) is 11.5 Å². The van der Waals surface area contributed by atoms with Gasteiger partial charge >= 0.3 is 6.03 Å². The fourth-order valence-corrected chi connectivity index (χ4v) is 3.98. The second-order valence-corrected chi connectivity index (χ2v) is 8.11. The minimum absolute atomic E-state index is 0.113. The van der Waals surface area contributed by atoms with Gasteiger partial charge in [-0.05, 0) is 55.7 Å². The van der Waals surface area contributed by atoms with Crippen LogP contribution in [0.3, 0.4) is 0 Å². The number of likely N-dealkylation sites (tertiary alicyclic amines) is 1. The van der Waals surface area contributed by atoms with Crippen LogP contribution in [0, 0.1) is 6.92 Å². The Hall–Kier alpha value is -3.26. The number of anilines is 1. The Labute approximate surface area is 184 Å². The summed E-state index contributed by atoms with van der Waals surface area (Å²) in [5.74, 6) is 2.61. The molecule has 2 aliphatic heterocycles. The van der Waals surface area contributed by atoms with E-state index in [1.807, 2.05) is 37.3 Å². The van der Waals surface area contributed by atoms with Gasteiger partial charge in [0, 0.05) is 24.6 Å². The standard InChI is InChI=1S/C22H21ClN4O4/c1-13-2-4-16(23)17(10-13)24-22(28)27-8-6-14(7-9-27)21-25-20(26-31-21)15-3-5-18-19(11-15)30-12-29-18/h2-5,10-11,14H,6-9,12H2,1H3,(H,24,28). The molecule has 1 fully saturated rings. The molecule has 1 N–H and O–H groups in total. The number of urea groups is 1. The number of rotatable bonds is 3. The molecule has 0 radical (unpaired) electrons. The van der Waals surface area contributed by atoms with Gasteiger partial charge in [0.1, 0.15) is 0 Å². The summed E-state index contributed by atoms with van der Waals surface area (Å²) in [5, 5.41) is 7.55. The number of fused-ring (bicyclic) bond motifs is 1. The Bertz CT molecular complexity index is 1120. The number of ether oxygens (including phenoxy) is 2. The van der Waals surface area contributed by atoms with Crippen molar-refractivity contribution in [1.82, 2.24) is 15.0 Å². The lowest BCUT2D eigenvalue weighted by Gasteiger charge is -2.30. The van der Waals surface area contributed by atoms with Crippen molar-refractivity contribution in [1.29, 1.82) is 0 Å². The first-order valence-electron chi connectivity index (χ1n) is 10.1. The number of amides is 2. The highest BCUT2D eigenvalue weighted by Gasteiger charge is 2.28. The highest BCUT2D eigenvalue weighted by atomic mass is 35.5. The minimum Gasteiger partial charge on any atom is -0.454 e. The van der Waals surface area contributed by atoms with Gasteiger partial charge in [-0.25, -0.2) is 4.79 Å². The zero-order chi connectivity index (χ0) is 21.4. The number of aromatic nitrogens is 2. The fourth-order valence-electron chi connectivity index (χ4n) is 3.81. The number of nitrogens with one attached hydrogen (secondary N) is 1. The number of carbonyl (C=O) groups excluding carboxylic acids is 1. The van der Waals surface area contributed by atoms with Crippen LogP contribution in [0.1, 0.15) is 30.2 Å². The van der Waals surface area contributed by atoms with E-state index in [9.17, 15) is 4.79 Å². The average Bonchev–Trinajstić information content (AvgIpc) is 3.45. The van der Waals surface area contributed by atoms with Gasteiger partial charge in [0.05, 0.1) is 10.7 Å². The first-order chi connectivity index (χ1) is 15.1. The maximum atomic E-state index is 12.6. The van der Waals surface area contributed by atoms with Gasteiger partial charge in [0.25, 0.3) is 0 Å². The highest BCUT2D eigenvalue weighted by Crippen LogP contribution is 2.36. The van der Waals surface area contributed by atoms with Gasteiger partial charge in [-0.2, -0.15) is 4.98 Å². The SMILES string of the molecule is Cc1ccc(Cl)c(NC(=O)N2CCC(c3nc(-c4ccc5c(c4)OCO5)no3)CC2)c1. The van der Waals surface area contributed by atoms with Gasteiger partial charge in [-0.3, -0.25) is 0 Å². The first kappa shape index (κ1) is 19.7. The maximum Gasteiger partial charge on any atom is 0.321 e. The Morgan fingerprint density at radius 3 is 2.77 bits per heavy atom. The van der Waals surface area contributed by atoms with E-state index in [1.165, 1.54) is 0 Å². The molecule has 2 amide bonds. The first-order valence-corrected chi connectivity index (χ1v) is 10.5. The third-order valence-electron chi connectivity index (χ3n) is 5.57. The topological polar surface area (TPSA) is 89.7 Å². The van der Waals surface area contributed by atoms with Crippen molar-refractivity contribution in [3.63, 3.8) is 0 Å². The highest BCUT2D eigenvalue weighted by molar-refractivity contribution is 6.33. The summed E-state index contributed by atoms with van der Waals surface area (Å²) in [6.07, 6.45) is 1.50. The number of halogens is 1. The van der Waals surface area contributed by atoms with Gasteiger partial charge in [0.2, 0.25) is 18.5 Å². The van der Waals surface area contributed by atoms with Crippen LogP contribution in [0.4, 0.5) is 10.5 Å². The summed E-state index contributed by atoms with van der Waals surface area (Å²) < 4.78 is 16.3. The maximum absolute atomic E-state index is 12.6. The van der Waals surface area contributed by atoms with E-state index in [2.05, 4.69) is 15.5 Å². The van der Waals surface area contributed by atoms with Crippen molar-refractivity contribution >= 4 is 23.3 Å². The Balaban J connectivity index is 1.21. The normalized spacial score (nSPS) is 15.9. The zero-order valence-electron chi connectivity index (χ0n) is 16.9. The lowest BCUT2D eigenvalue weighted by Crippen LogP contribution is -2.40. The van der Waals surface area contributed by atoms with Crippen LogP contribution in [0.15, 0.2) is 40.9 Å². The van der Waals surface area contributed by atoms with Crippen molar-refractivity contribution in [2.24, 2.45) is 0 Å². The molecule has 2 aromatic carbocycles. The van der Waals surface area contributed by atoms with Gasteiger partial charge in [-0.15, -0.1) is 0 Å². The third-order valence-corrected chi connectivity index (χ3v) is 5.90. The molecular formula is C22H21ClN4O4. The quantitative estimate of drug-likeness (QED) is 0.626. The Morgan fingerprint density at radius 2 is 1.94 bits per heavy atom. The summed E-state index contributed by atoms with van der Waals surface area (Å²) >= 11 is 6.19. The number of piperidine rings is 1. The molecule has 3 heterocycles. The van der Waals surface area contributed by atoms with Gasteiger partial charge in [-0.1, -0.05) is 22.8 Å². The van der Waals surface area contributed by atoms with E-state index in [0.29, 0.717) is 47.0 Å². The molecule has 2 aliphatic rings. The van der Waals surface area contributed by atoms with Gasteiger partial charge < -0.3 is 24.2 Å². The summed E-state index contributed by atoms with van der Waals surface area (Å²) in [7, 11) is 0. The summed E-state index contributed by atoms with van der Waals surface area (Å²) in [6.45, 7) is 3.38. The molecule has 0 saturated carbocycles. The predicted molar refractivity (Wildman–Crippen MR) is 115 cm³/mol. The molecule has 0 bridgehead atoms. The monoisotopic (exact) mass is 440 g/mol. The number of hydrogen-bond acceptors (Lipinski definition) is 6. The fraction of sp³-hybridized carbons (Fsp3) is 0.318. The van der Waals surface area contributed by atoms with Crippen molar-refractivity contribution in [3.05, 3.63) is 52.9 Å². The van der Waals surface area contributed by atoms with Crippen molar-refractivity contribution < 1.29 is 18.8 Å². The van der Waals surface area contributed by atoms with Crippen molar-refractivity contribution in [3.8, 4) is 22.9 Å². The molecule has 9 heteroatoms. The van der Waals surface area contributed by atoms with E-state index in [-0.39, 0.29) is 18.7 Å². The molecular weight excluding hydrogens is 420 g/mol. The summed E-state index contributed by atoms with van der Waals surface area (Å²) in [6, 6.07) is 11.0. The van der Waals surface area contributed by atoms with E-state index in [0.717, 1.165) is 24.0 Å². The van der Waals surface area contributed by atoms with Crippen molar-refractivity contribution in [2.75, 3.05) is 25.2 Å². The molecule has 0 atom stereocenters. The van der Waals surface area contributed by atoms with E-state index in [1.54, 1.807) is 11.0 Å². The lowest BCUT2D eigenvalue weighted by molar-refractivity contribution is 0.174. The molecule has 1 saturated heterocycles. The second kappa shape index (κ2) is 8.11. The van der Waals surface area contributed by atoms with Crippen LogP contribution in [-0.2, 0) is 0 Å². The van der Waals surface area contributed by atoms with Crippen LogP contribution in [0.2, 0.25) is 5.02 Å².